The van der Waals surface area contributed by atoms with E-state index in [1.54, 1.807) is 0 Å². The Morgan fingerprint density at radius 3 is 2.00 bits per heavy atom. The monoisotopic (exact) mass is 265 g/mol. The molecule has 2 rings (SSSR count). The van der Waals surface area contributed by atoms with Gasteiger partial charge in [0.2, 0.25) is 0 Å². The van der Waals surface area contributed by atoms with Crippen LogP contribution in [0.15, 0.2) is 11.9 Å². The van der Waals surface area contributed by atoms with Crippen molar-refractivity contribution >= 4 is 5.91 Å². The number of nitrogens with two attached hydrogens (primary N) is 1. The normalized spacial score (nSPS) is 21.6. The van der Waals surface area contributed by atoms with E-state index in [0.717, 1.165) is 11.8 Å². The Balaban J connectivity index is 1.89. The van der Waals surface area contributed by atoms with Gasteiger partial charge in [-0.25, -0.2) is 0 Å². The third-order valence-corrected chi connectivity index (χ3v) is 4.12. The third kappa shape index (κ3) is 3.88. The Morgan fingerprint density at radius 1 is 1.11 bits per heavy atom. The maximum Gasteiger partial charge on any atom is 0.269 e. The molecular formula is C15H27N3O. The molecule has 2 aliphatic rings. The Kier molecular flexibility index (Phi) is 4.38. The Bertz CT molecular complexity index is 344. The lowest BCUT2D eigenvalue weighted by molar-refractivity contribution is -0.119. The highest BCUT2D eigenvalue weighted by Gasteiger charge is 2.44. The highest BCUT2D eigenvalue weighted by atomic mass is 16.2. The Morgan fingerprint density at radius 2 is 1.63 bits per heavy atom. The van der Waals surface area contributed by atoms with Crippen molar-refractivity contribution in [1.29, 1.82) is 0 Å². The zero-order valence-electron chi connectivity index (χ0n) is 12.3. The average molecular weight is 265 g/mol. The molecule has 1 unspecified atom stereocenters. The van der Waals surface area contributed by atoms with Crippen LogP contribution in [0.5, 0.6) is 0 Å². The van der Waals surface area contributed by atoms with E-state index in [2.05, 4.69) is 17.6 Å². The lowest BCUT2D eigenvalue weighted by atomic mass is 9.90. The summed E-state index contributed by atoms with van der Waals surface area (Å²) in [6.07, 6.45) is 6.72. The first-order valence-corrected chi connectivity index (χ1v) is 7.52. The van der Waals surface area contributed by atoms with Gasteiger partial charge in [-0.3, -0.25) is 4.79 Å². The molecule has 0 aromatic rings. The van der Waals surface area contributed by atoms with Crippen LogP contribution in [0.25, 0.3) is 0 Å². The van der Waals surface area contributed by atoms with E-state index >= 15 is 0 Å². The van der Waals surface area contributed by atoms with Crippen LogP contribution < -0.4 is 16.4 Å². The van der Waals surface area contributed by atoms with Gasteiger partial charge in [-0.1, -0.05) is 0 Å². The van der Waals surface area contributed by atoms with Crippen LogP contribution in [-0.2, 0) is 4.79 Å². The second-order valence-electron chi connectivity index (χ2n) is 6.39. The van der Waals surface area contributed by atoms with Crippen molar-refractivity contribution in [2.45, 2.75) is 58.5 Å². The fraction of sp³-hybridized carbons (Fsp3) is 0.800. The summed E-state index contributed by atoms with van der Waals surface area (Å²) in [6, 6.07) is 0.454. The SMILES string of the molecule is CC(C)N/C(=C\N)C(=O)NC(C)C(C1CC1)C1CC1. The molecule has 2 aliphatic carbocycles. The molecule has 4 nitrogen and oxygen atoms in total. The predicted octanol–water partition coefficient (Wildman–Crippen LogP) is 1.73. The van der Waals surface area contributed by atoms with Crippen LogP contribution in [-0.4, -0.2) is 18.0 Å². The molecule has 0 aromatic heterocycles. The van der Waals surface area contributed by atoms with Crippen LogP contribution in [0.4, 0.5) is 0 Å². The summed E-state index contributed by atoms with van der Waals surface area (Å²) in [7, 11) is 0. The van der Waals surface area contributed by atoms with Crippen molar-refractivity contribution in [2.75, 3.05) is 0 Å². The second kappa shape index (κ2) is 5.85. The van der Waals surface area contributed by atoms with Gasteiger partial charge in [0.15, 0.2) is 0 Å². The number of amides is 1. The largest absolute Gasteiger partial charge is 0.403 e. The van der Waals surface area contributed by atoms with Crippen LogP contribution >= 0.6 is 0 Å². The van der Waals surface area contributed by atoms with Gasteiger partial charge in [-0.15, -0.1) is 0 Å². The summed E-state index contributed by atoms with van der Waals surface area (Å²) < 4.78 is 0. The van der Waals surface area contributed by atoms with Crippen molar-refractivity contribution in [3.63, 3.8) is 0 Å². The fourth-order valence-electron chi connectivity index (χ4n) is 3.04. The summed E-state index contributed by atoms with van der Waals surface area (Å²) in [5.74, 6) is 2.27. The molecule has 1 atom stereocenters. The summed E-state index contributed by atoms with van der Waals surface area (Å²) >= 11 is 0. The molecule has 0 heterocycles. The second-order valence-corrected chi connectivity index (χ2v) is 6.39. The fourth-order valence-corrected chi connectivity index (χ4v) is 3.04. The van der Waals surface area contributed by atoms with Crippen LogP contribution in [0.2, 0.25) is 0 Å². The number of rotatable bonds is 7. The summed E-state index contributed by atoms with van der Waals surface area (Å²) in [6.45, 7) is 6.14. The molecule has 1 amide bonds. The van der Waals surface area contributed by atoms with Gasteiger partial charge in [0.1, 0.15) is 5.70 Å². The lowest BCUT2D eigenvalue weighted by Crippen LogP contribution is -2.44. The molecule has 0 saturated heterocycles. The molecule has 2 fully saturated rings. The number of nitrogens with one attached hydrogen (secondary N) is 2. The minimum Gasteiger partial charge on any atom is -0.403 e. The molecule has 0 bridgehead atoms. The van der Waals surface area contributed by atoms with E-state index in [9.17, 15) is 4.79 Å². The third-order valence-electron chi connectivity index (χ3n) is 4.12. The molecule has 4 heteroatoms. The summed E-state index contributed by atoms with van der Waals surface area (Å²) in [5, 5.41) is 6.22. The molecule has 19 heavy (non-hydrogen) atoms. The number of hydrogen-bond acceptors (Lipinski definition) is 3. The molecule has 0 spiro atoms. The summed E-state index contributed by atoms with van der Waals surface area (Å²) in [5.41, 5.74) is 6.01. The number of carbonyl (C=O) groups excluding carboxylic acids is 1. The highest BCUT2D eigenvalue weighted by molar-refractivity contribution is 5.92. The van der Waals surface area contributed by atoms with E-state index in [4.69, 9.17) is 5.73 Å². The molecular weight excluding hydrogens is 238 g/mol. The van der Waals surface area contributed by atoms with E-state index in [-0.39, 0.29) is 18.0 Å². The van der Waals surface area contributed by atoms with Gasteiger partial charge < -0.3 is 16.4 Å². The Labute approximate surface area is 116 Å². The first kappa shape index (κ1) is 14.2. The van der Waals surface area contributed by atoms with Crippen molar-refractivity contribution < 1.29 is 4.79 Å². The molecule has 4 N–H and O–H groups in total. The maximum absolute atomic E-state index is 12.2. The molecule has 108 valence electrons. The van der Waals surface area contributed by atoms with Gasteiger partial charge in [-0.05, 0) is 64.2 Å². The van der Waals surface area contributed by atoms with Crippen LogP contribution in [0.3, 0.4) is 0 Å². The highest BCUT2D eigenvalue weighted by Crippen LogP contribution is 2.50. The van der Waals surface area contributed by atoms with Crippen molar-refractivity contribution in [3.05, 3.63) is 11.9 Å². The molecule has 0 aromatic carbocycles. The predicted molar refractivity (Wildman–Crippen MR) is 77.1 cm³/mol. The molecule has 0 radical (unpaired) electrons. The van der Waals surface area contributed by atoms with Gasteiger partial charge in [0.25, 0.3) is 5.91 Å². The van der Waals surface area contributed by atoms with Gasteiger partial charge in [-0.2, -0.15) is 0 Å². The van der Waals surface area contributed by atoms with Crippen LogP contribution in [0.1, 0.15) is 46.5 Å². The van der Waals surface area contributed by atoms with Gasteiger partial charge >= 0.3 is 0 Å². The smallest absolute Gasteiger partial charge is 0.269 e. The minimum atomic E-state index is -0.0741. The minimum absolute atomic E-state index is 0.0741. The summed E-state index contributed by atoms with van der Waals surface area (Å²) in [4.78, 5) is 12.2. The first-order chi connectivity index (χ1) is 9.02. The van der Waals surface area contributed by atoms with Crippen LogP contribution in [0, 0.1) is 17.8 Å². The molecule has 2 saturated carbocycles. The quantitative estimate of drug-likeness (QED) is 0.614. The van der Waals surface area contributed by atoms with Gasteiger partial charge in [0, 0.05) is 18.3 Å². The van der Waals surface area contributed by atoms with E-state index in [1.165, 1.54) is 31.9 Å². The van der Waals surface area contributed by atoms with Gasteiger partial charge in [0.05, 0.1) is 0 Å². The number of carbonyl (C=O) groups is 1. The van der Waals surface area contributed by atoms with E-state index in [0.29, 0.717) is 11.6 Å². The first-order valence-electron chi connectivity index (χ1n) is 7.52. The standard InChI is InChI=1S/C15H27N3O/c1-9(2)17-13(8-16)15(19)18-10(3)14(11-4-5-11)12-6-7-12/h8-12,14,17H,4-7,16H2,1-3H3,(H,18,19)/b13-8-. The van der Waals surface area contributed by atoms with Crippen molar-refractivity contribution in [2.24, 2.45) is 23.5 Å². The molecule has 0 aliphatic heterocycles. The average Bonchev–Trinajstić information content (AvgIpc) is 3.18. The zero-order chi connectivity index (χ0) is 14.0. The maximum atomic E-state index is 12.2. The van der Waals surface area contributed by atoms with Crippen molar-refractivity contribution in [3.8, 4) is 0 Å². The zero-order valence-corrected chi connectivity index (χ0v) is 12.3. The topological polar surface area (TPSA) is 67.1 Å². The Hall–Kier alpha value is -1.19. The van der Waals surface area contributed by atoms with E-state index in [1.807, 2.05) is 13.8 Å². The lowest BCUT2D eigenvalue weighted by Gasteiger charge is -2.25. The van der Waals surface area contributed by atoms with E-state index < -0.39 is 0 Å². The van der Waals surface area contributed by atoms with Crippen molar-refractivity contribution in [1.82, 2.24) is 10.6 Å². The number of hydrogen-bond donors (Lipinski definition) is 3.